The van der Waals surface area contributed by atoms with Crippen LogP contribution in [0.25, 0.3) is 0 Å². The van der Waals surface area contributed by atoms with Gasteiger partial charge in [0, 0.05) is 26.2 Å². The van der Waals surface area contributed by atoms with Crippen molar-refractivity contribution in [1.82, 2.24) is 9.21 Å². The van der Waals surface area contributed by atoms with E-state index in [1.54, 1.807) is 35.2 Å². The van der Waals surface area contributed by atoms with Crippen molar-refractivity contribution in [3.8, 4) is 0 Å². The summed E-state index contributed by atoms with van der Waals surface area (Å²) < 4.78 is 32.2. The van der Waals surface area contributed by atoms with Crippen LogP contribution in [-0.4, -0.2) is 49.7 Å². The summed E-state index contributed by atoms with van der Waals surface area (Å²) in [6.07, 6.45) is 2.05. The molecule has 1 aromatic heterocycles. The van der Waals surface area contributed by atoms with Gasteiger partial charge in [-0.05, 0) is 43.2 Å². The monoisotopic (exact) mass is 348 g/mol. The third-order valence-corrected chi connectivity index (χ3v) is 6.00. The molecule has 7 heteroatoms. The van der Waals surface area contributed by atoms with Crippen LogP contribution in [0.2, 0.25) is 0 Å². The van der Waals surface area contributed by atoms with Crippen LogP contribution in [0.4, 0.5) is 0 Å². The lowest BCUT2D eigenvalue weighted by atomic mass is 10.2. The number of hydrogen-bond donors (Lipinski definition) is 0. The zero-order valence-electron chi connectivity index (χ0n) is 13.5. The SMILES string of the molecule is Cc1cccc(S(=O)(=O)N2CCCN(C(=O)c3ccco3)CC2)c1. The third kappa shape index (κ3) is 3.37. The fourth-order valence-corrected chi connectivity index (χ4v) is 4.39. The average molecular weight is 348 g/mol. The topological polar surface area (TPSA) is 70.8 Å². The summed E-state index contributed by atoms with van der Waals surface area (Å²) in [5.41, 5.74) is 0.903. The van der Waals surface area contributed by atoms with Crippen molar-refractivity contribution in [2.75, 3.05) is 26.2 Å². The minimum Gasteiger partial charge on any atom is -0.459 e. The summed E-state index contributed by atoms with van der Waals surface area (Å²) in [6.45, 7) is 3.41. The smallest absolute Gasteiger partial charge is 0.289 e. The van der Waals surface area contributed by atoms with Gasteiger partial charge in [0.2, 0.25) is 10.0 Å². The lowest BCUT2D eigenvalue weighted by molar-refractivity contribution is 0.0732. The molecule has 24 heavy (non-hydrogen) atoms. The quantitative estimate of drug-likeness (QED) is 0.852. The van der Waals surface area contributed by atoms with Crippen molar-refractivity contribution in [3.63, 3.8) is 0 Å². The normalized spacial score (nSPS) is 16.8. The van der Waals surface area contributed by atoms with E-state index >= 15 is 0 Å². The maximum Gasteiger partial charge on any atom is 0.289 e. The van der Waals surface area contributed by atoms with Gasteiger partial charge in [0.1, 0.15) is 0 Å². The van der Waals surface area contributed by atoms with Crippen LogP contribution >= 0.6 is 0 Å². The molecule has 0 unspecified atom stereocenters. The van der Waals surface area contributed by atoms with Crippen molar-refractivity contribution in [2.45, 2.75) is 18.2 Å². The van der Waals surface area contributed by atoms with E-state index in [-0.39, 0.29) is 18.2 Å². The fraction of sp³-hybridized carbons (Fsp3) is 0.353. The van der Waals surface area contributed by atoms with Gasteiger partial charge in [-0.25, -0.2) is 8.42 Å². The zero-order chi connectivity index (χ0) is 17.2. The highest BCUT2D eigenvalue weighted by Gasteiger charge is 2.29. The third-order valence-electron chi connectivity index (χ3n) is 4.10. The average Bonchev–Trinajstić information content (AvgIpc) is 2.98. The number of benzene rings is 1. The van der Waals surface area contributed by atoms with E-state index in [2.05, 4.69) is 0 Å². The van der Waals surface area contributed by atoms with Gasteiger partial charge in [-0.3, -0.25) is 4.79 Å². The summed E-state index contributed by atoms with van der Waals surface area (Å²) in [7, 11) is -3.54. The first-order valence-corrected chi connectivity index (χ1v) is 9.32. The molecule has 6 nitrogen and oxygen atoms in total. The molecule has 0 saturated carbocycles. The second-order valence-electron chi connectivity index (χ2n) is 5.84. The zero-order valence-corrected chi connectivity index (χ0v) is 14.3. The van der Waals surface area contributed by atoms with Gasteiger partial charge >= 0.3 is 0 Å². The van der Waals surface area contributed by atoms with Gasteiger partial charge in [0.05, 0.1) is 11.2 Å². The lowest BCUT2D eigenvalue weighted by Gasteiger charge is -2.21. The molecule has 0 radical (unpaired) electrons. The van der Waals surface area contributed by atoms with E-state index in [0.29, 0.717) is 31.0 Å². The van der Waals surface area contributed by atoms with E-state index in [9.17, 15) is 13.2 Å². The van der Waals surface area contributed by atoms with Gasteiger partial charge in [0.25, 0.3) is 5.91 Å². The second kappa shape index (κ2) is 6.78. The molecule has 0 spiro atoms. The number of amides is 1. The molecule has 2 aromatic rings. The Bertz CT molecular complexity index is 815. The van der Waals surface area contributed by atoms with Gasteiger partial charge in [0.15, 0.2) is 5.76 Å². The Morgan fingerprint density at radius 1 is 1.08 bits per heavy atom. The number of sulfonamides is 1. The van der Waals surface area contributed by atoms with E-state index in [1.807, 2.05) is 13.0 Å². The predicted molar refractivity (Wildman–Crippen MR) is 89.2 cm³/mol. The largest absolute Gasteiger partial charge is 0.459 e. The first-order chi connectivity index (χ1) is 11.5. The molecular formula is C17H20N2O4S. The molecule has 1 amide bonds. The highest BCUT2D eigenvalue weighted by Crippen LogP contribution is 2.19. The highest BCUT2D eigenvalue weighted by molar-refractivity contribution is 7.89. The van der Waals surface area contributed by atoms with E-state index in [1.165, 1.54) is 10.6 Å². The Labute approximate surface area is 141 Å². The molecule has 3 rings (SSSR count). The lowest BCUT2D eigenvalue weighted by Crippen LogP contribution is -2.37. The number of aryl methyl sites for hydroxylation is 1. The number of rotatable bonds is 3. The van der Waals surface area contributed by atoms with E-state index in [4.69, 9.17) is 4.42 Å². The second-order valence-corrected chi connectivity index (χ2v) is 7.78. The molecule has 1 aliphatic heterocycles. The molecule has 0 aliphatic carbocycles. The van der Waals surface area contributed by atoms with E-state index in [0.717, 1.165) is 5.56 Å². The molecule has 1 fully saturated rings. The van der Waals surface area contributed by atoms with Gasteiger partial charge in [-0.1, -0.05) is 12.1 Å². The number of carbonyl (C=O) groups is 1. The maximum absolute atomic E-state index is 12.8. The molecule has 1 saturated heterocycles. The Balaban J connectivity index is 1.74. The Morgan fingerprint density at radius 2 is 1.92 bits per heavy atom. The fourth-order valence-electron chi connectivity index (χ4n) is 2.82. The summed E-state index contributed by atoms with van der Waals surface area (Å²) >= 11 is 0. The van der Waals surface area contributed by atoms with E-state index < -0.39 is 10.0 Å². The number of hydrogen-bond acceptors (Lipinski definition) is 4. The van der Waals surface area contributed by atoms with Crippen LogP contribution < -0.4 is 0 Å². The molecule has 1 aliphatic rings. The van der Waals surface area contributed by atoms with Crippen LogP contribution in [0, 0.1) is 6.92 Å². The molecule has 0 N–H and O–H groups in total. The molecule has 128 valence electrons. The van der Waals surface area contributed by atoms with Crippen LogP contribution in [0.3, 0.4) is 0 Å². The summed E-state index contributed by atoms with van der Waals surface area (Å²) in [5.74, 6) is 0.0831. The molecule has 2 heterocycles. The minimum absolute atomic E-state index is 0.199. The van der Waals surface area contributed by atoms with Gasteiger partial charge < -0.3 is 9.32 Å². The first-order valence-electron chi connectivity index (χ1n) is 7.88. The Hall–Kier alpha value is -2.12. The minimum atomic E-state index is -3.54. The Morgan fingerprint density at radius 3 is 2.62 bits per heavy atom. The van der Waals surface area contributed by atoms with Crippen molar-refractivity contribution in [1.29, 1.82) is 0 Å². The molecule has 0 atom stereocenters. The maximum atomic E-state index is 12.8. The molecular weight excluding hydrogens is 328 g/mol. The van der Waals surface area contributed by atoms with Crippen molar-refractivity contribution in [2.24, 2.45) is 0 Å². The summed E-state index contributed by atoms with van der Waals surface area (Å²) in [4.78, 5) is 14.3. The molecule has 0 bridgehead atoms. The number of nitrogens with zero attached hydrogens (tertiary/aromatic N) is 2. The summed E-state index contributed by atoms with van der Waals surface area (Å²) in [6, 6.07) is 10.2. The van der Waals surface area contributed by atoms with Gasteiger partial charge in [-0.15, -0.1) is 0 Å². The standard InChI is InChI=1S/C17H20N2O4S/c1-14-5-2-6-15(13-14)24(21,22)19-9-4-8-18(10-11-19)17(20)16-7-3-12-23-16/h2-3,5-7,12-13H,4,8-11H2,1H3. The first kappa shape index (κ1) is 16.7. The van der Waals surface area contributed by atoms with Crippen LogP contribution in [-0.2, 0) is 10.0 Å². The molecule has 1 aromatic carbocycles. The van der Waals surface area contributed by atoms with Crippen molar-refractivity contribution >= 4 is 15.9 Å². The van der Waals surface area contributed by atoms with Crippen molar-refractivity contribution < 1.29 is 17.6 Å². The number of carbonyl (C=O) groups excluding carboxylic acids is 1. The number of furan rings is 1. The van der Waals surface area contributed by atoms with Gasteiger partial charge in [-0.2, -0.15) is 4.31 Å². The Kier molecular flexibility index (Phi) is 4.73. The van der Waals surface area contributed by atoms with Crippen LogP contribution in [0.1, 0.15) is 22.5 Å². The summed E-state index contributed by atoms with van der Waals surface area (Å²) in [5, 5.41) is 0. The highest BCUT2D eigenvalue weighted by atomic mass is 32.2. The van der Waals surface area contributed by atoms with Crippen LogP contribution in [0.5, 0.6) is 0 Å². The van der Waals surface area contributed by atoms with Crippen molar-refractivity contribution in [3.05, 3.63) is 54.0 Å². The van der Waals surface area contributed by atoms with Crippen LogP contribution in [0.15, 0.2) is 52.0 Å². The predicted octanol–water partition coefficient (Wildman–Crippen LogP) is 2.12.